The molecule has 0 aliphatic rings. The lowest BCUT2D eigenvalue weighted by Crippen LogP contribution is -2.24. The Kier molecular flexibility index (Phi) is 4.03. The van der Waals surface area contributed by atoms with Gasteiger partial charge in [-0.3, -0.25) is 4.79 Å². The Morgan fingerprint density at radius 1 is 1.31 bits per heavy atom. The summed E-state index contributed by atoms with van der Waals surface area (Å²) < 4.78 is 0. The number of hydrogen-bond acceptors (Lipinski definition) is 1. The van der Waals surface area contributed by atoms with Crippen LogP contribution < -0.4 is 5.32 Å². The monoisotopic (exact) mass is 177 g/mol. The third-order valence-corrected chi connectivity index (χ3v) is 1.85. The van der Waals surface area contributed by atoms with Gasteiger partial charge >= 0.3 is 0 Å². The molecule has 0 aliphatic carbocycles. The van der Waals surface area contributed by atoms with Crippen molar-refractivity contribution in [1.82, 2.24) is 5.32 Å². The number of benzene rings is 1. The fourth-order valence-corrected chi connectivity index (χ4v) is 1.07. The van der Waals surface area contributed by atoms with Gasteiger partial charge < -0.3 is 5.32 Å². The Labute approximate surface area is 79.0 Å². The van der Waals surface area contributed by atoms with Crippen LogP contribution in [-0.4, -0.2) is 12.5 Å². The lowest BCUT2D eigenvalue weighted by molar-refractivity contribution is 0.0953. The predicted octanol–water partition coefficient (Wildman–Crippen LogP) is 2.22. The standard InChI is InChI=1S/C11H15NO/c1-2-3-9-12-11(13)10-7-5-4-6-8-10/h4-8H,2-3,9H2,1H3,(H,12,13). The first-order valence-corrected chi connectivity index (χ1v) is 4.68. The second-order valence-electron chi connectivity index (χ2n) is 2.98. The molecule has 0 unspecified atom stereocenters. The highest BCUT2D eigenvalue weighted by Gasteiger charge is 2.01. The number of carbonyl (C=O) groups is 1. The van der Waals surface area contributed by atoms with Crippen molar-refractivity contribution >= 4 is 5.91 Å². The van der Waals surface area contributed by atoms with E-state index in [1.807, 2.05) is 30.3 Å². The topological polar surface area (TPSA) is 29.1 Å². The molecule has 0 aromatic heterocycles. The molecule has 2 nitrogen and oxygen atoms in total. The van der Waals surface area contributed by atoms with Gasteiger partial charge in [0.15, 0.2) is 0 Å². The van der Waals surface area contributed by atoms with Gasteiger partial charge in [-0.2, -0.15) is 0 Å². The molecule has 1 N–H and O–H groups in total. The van der Waals surface area contributed by atoms with Gasteiger partial charge in [-0.05, 0) is 18.6 Å². The van der Waals surface area contributed by atoms with Crippen molar-refractivity contribution in [3.63, 3.8) is 0 Å². The number of rotatable bonds is 4. The molecule has 1 amide bonds. The Morgan fingerprint density at radius 3 is 2.62 bits per heavy atom. The largest absolute Gasteiger partial charge is 0.352 e. The van der Waals surface area contributed by atoms with E-state index in [1.165, 1.54) is 0 Å². The molecular formula is C11H15NO. The van der Waals surface area contributed by atoms with E-state index in [9.17, 15) is 4.79 Å². The Morgan fingerprint density at radius 2 is 2.00 bits per heavy atom. The fraction of sp³-hybridized carbons (Fsp3) is 0.364. The third kappa shape index (κ3) is 3.28. The first-order valence-electron chi connectivity index (χ1n) is 4.68. The summed E-state index contributed by atoms with van der Waals surface area (Å²) in [6.45, 7) is 2.87. The van der Waals surface area contributed by atoms with E-state index in [1.54, 1.807) is 0 Å². The Bertz CT molecular complexity index is 256. The minimum absolute atomic E-state index is 0.0223. The third-order valence-electron chi connectivity index (χ3n) is 1.85. The number of nitrogens with one attached hydrogen (secondary N) is 1. The number of carbonyl (C=O) groups excluding carboxylic acids is 1. The lowest BCUT2D eigenvalue weighted by Gasteiger charge is -2.02. The normalized spacial score (nSPS) is 9.62. The van der Waals surface area contributed by atoms with Crippen LogP contribution in [0.15, 0.2) is 30.3 Å². The van der Waals surface area contributed by atoms with Crippen LogP contribution in [0.1, 0.15) is 30.1 Å². The second kappa shape index (κ2) is 5.36. The molecule has 0 aliphatic heterocycles. The quantitative estimate of drug-likeness (QED) is 0.702. The number of unbranched alkanes of at least 4 members (excludes halogenated alkanes) is 1. The molecule has 70 valence electrons. The van der Waals surface area contributed by atoms with E-state index >= 15 is 0 Å². The summed E-state index contributed by atoms with van der Waals surface area (Å²) in [5, 5.41) is 2.86. The summed E-state index contributed by atoms with van der Waals surface area (Å²) in [6, 6.07) is 9.29. The maximum Gasteiger partial charge on any atom is 0.251 e. The maximum atomic E-state index is 11.4. The molecule has 0 fully saturated rings. The summed E-state index contributed by atoms with van der Waals surface area (Å²) >= 11 is 0. The molecule has 0 radical (unpaired) electrons. The second-order valence-corrected chi connectivity index (χ2v) is 2.98. The molecule has 0 saturated heterocycles. The highest BCUT2D eigenvalue weighted by atomic mass is 16.1. The van der Waals surface area contributed by atoms with E-state index in [0.717, 1.165) is 24.9 Å². The van der Waals surface area contributed by atoms with Crippen molar-refractivity contribution in [2.75, 3.05) is 6.54 Å². The minimum atomic E-state index is 0.0223. The molecule has 0 atom stereocenters. The number of hydrogen-bond donors (Lipinski definition) is 1. The van der Waals surface area contributed by atoms with Crippen molar-refractivity contribution < 1.29 is 4.79 Å². The van der Waals surface area contributed by atoms with Crippen LogP contribution in [-0.2, 0) is 0 Å². The van der Waals surface area contributed by atoms with Crippen LogP contribution >= 0.6 is 0 Å². The van der Waals surface area contributed by atoms with Gasteiger partial charge in [-0.25, -0.2) is 0 Å². The highest BCUT2D eigenvalue weighted by Crippen LogP contribution is 1.97. The molecule has 13 heavy (non-hydrogen) atoms. The predicted molar refractivity (Wildman–Crippen MR) is 53.7 cm³/mol. The summed E-state index contributed by atoms with van der Waals surface area (Å²) in [5.41, 5.74) is 0.735. The molecule has 1 aromatic carbocycles. The Hall–Kier alpha value is -1.31. The van der Waals surface area contributed by atoms with Crippen LogP contribution in [0.4, 0.5) is 0 Å². The molecular weight excluding hydrogens is 162 g/mol. The smallest absolute Gasteiger partial charge is 0.251 e. The van der Waals surface area contributed by atoms with Gasteiger partial charge in [0.2, 0.25) is 0 Å². The minimum Gasteiger partial charge on any atom is -0.352 e. The Balaban J connectivity index is 2.40. The zero-order valence-corrected chi connectivity index (χ0v) is 7.92. The average molecular weight is 177 g/mol. The van der Waals surface area contributed by atoms with Crippen molar-refractivity contribution in [2.24, 2.45) is 0 Å². The SMILES string of the molecule is CCCCNC(=O)c1ccccc1. The van der Waals surface area contributed by atoms with Gasteiger partial charge in [0.25, 0.3) is 5.91 Å². The molecule has 0 bridgehead atoms. The van der Waals surface area contributed by atoms with E-state index in [2.05, 4.69) is 12.2 Å². The van der Waals surface area contributed by atoms with E-state index in [0.29, 0.717) is 0 Å². The van der Waals surface area contributed by atoms with Gasteiger partial charge in [0.05, 0.1) is 0 Å². The summed E-state index contributed by atoms with van der Waals surface area (Å²) in [5.74, 6) is 0.0223. The zero-order valence-electron chi connectivity index (χ0n) is 7.92. The summed E-state index contributed by atoms with van der Waals surface area (Å²) in [7, 11) is 0. The van der Waals surface area contributed by atoms with Crippen LogP contribution in [0, 0.1) is 0 Å². The van der Waals surface area contributed by atoms with Crippen LogP contribution in [0.5, 0.6) is 0 Å². The van der Waals surface area contributed by atoms with Crippen molar-refractivity contribution in [2.45, 2.75) is 19.8 Å². The molecule has 2 heteroatoms. The van der Waals surface area contributed by atoms with Crippen molar-refractivity contribution in [3.05, 3.63) is 35.9 Å². The van der Waals surface area contributed by atoms with Crippen molar-refractivity contribution in [1.29, 1.82) is 0 Å². The maximum absolute atomic E-state index is 11.4. The first kappa shape index (κ1) is 9.78. The van der Waals surface area contributed by atoms with E-state index in [-0.39, 0.29) is 5.91 Å². The molecule has 0 spiro atoms. The zero-order chi connectivity index (χ0) is 9.52. The number of amides is 1. The van der Waals surface area contributed by atoms with Crippen LogP contribution in [0.25, 0.3) is 0 Å². The van der Waals surface area contributed by atoms with Gasteiger partial charge in [0, 0.05) is 12.1 Å². The fourth-order valence-electron chi connectivity index (χ4n) is 1.07. The van der Waals surface area contributed by atoms with Crippen LogP contribution in [0.3, 0.4) is 0 Å². The summed E-state index contributed by atoms with van der Waals surface area (Å²) in [4.78, 5) is 11.4. The molecule has 0 heterocycles. The average Bonchev–Trinajstić information content (AvgIpc) is 2.19. The summed E-state index contributed by atoms with van der Waals surface area (Å²) in [6.07, 6.45) is 2.15. The lowest BCUT2D eigenvalue weighted by atomic mass is 10.2. The van der Waals surface area contributed by atoms with E-state index in [4.69, 9.17) is 0 Å². The van der Waals surface area contributed by atoms with Crippen molar-refractivity contribution in [3.8, 4) is 0 Å². The molecule has 1 aromatic rings. The highest BCUT2D eigenvalue weighted by molar-refractivity contribution is 5.94. The molecule has 1 rings (SSSR count). The van der Waals surface area contributed by atoms with E-state index < -0.39 is 0 Å². The van der Waals surface area contributed by atoms with Gasteiger partial charge in [-0.1, -0.05) is 31.5 Å². The van der Waals surface area contributed by atoms with Gasteiger partial charge in [0.1, 0.15) is 0 Å². The first-order chi connectivity index (χ1) is 6.34. The van der Waals surface area contributed by atoms with Crippen LogP contribution in [0.2, 0.25) is 0 Å². The molecule has 0 saturated carbocycles. The van der Waals surface area contributed by atoms with Gasteiger partial charge in [-0.15, -0.1) is 0 Å².